The van der Waals surface area contributed by atoms with Gasteiger partial charge in [-0.05, 0) is 19.0 Å². The van der Waals surface area contributed by atoms with E-state index in [1.165, 1.54) is 0 Å². The summed E-state index contributed by atoms with van der Waals surface area (Å²) in [6.45, 7) is 4.44. The lowest BCUT2D eigenvalue weighted by Gasteiger charge is -2.09. The fourth-order valence-corrected chi connectivity index (χ4v) is 1.47. The molecule has 0 bridgehead atoms. The van der Waals surface area contributed by atoms with Gasteiger partial charge in [0.05, 0.1) is 6.61 Å². The monoisotopic (exact) mass is 256 g/mol. The van der Waals surface area contributed by atoms with E-state index in [-0.39, 0.29) is 11.7 Å². The topological polar surface area (TPSA) is 43.4 Å². The molecular weight excluding hydrogens is 235 g/mol. The van der Waals surface area contributed by atoms with Crippen molar-refractivity contribution in [1.29, 1.82) is 0 Å². The molecule has 1 N–H and O–H groups in total. The van der Waals surface area contributed by atoms with E-state index in [4.69, 9.17) is 9.47 Å². The van der Waals surface area contributed by atoms with Gasteiger partial charge in [0, 0.05) is 38.4 Å². The average Bonchev–Trinajstić information content (AvgIpc) is 2.38. The average molecular weight is 256 g/mol. The lowest BCUT2D eigenvalue weighted by Crippen LogP contribution is -2.15. The van der Waals surface area contributed by atoms with Crippen molar-refractivity contribution in [1.82, 2.24) is 10.3 Å². The third-order valence-corrected chi connectivity index (χ3v) is 2.41. The molecule has 0 atom stereocenters. The lowest BCUT2D eigenvalue weighted by molar-refractivity contribution is 0.168. The van der Waals surface area contributed by atoms with E-state index in [1.54, 1.807) is 19.4 Å². The summed E-state index contributed by atoms with van der Waals surface area (Å²) in [5, 5.41) is 3.15. The molecule has 0 unspecified atom stereocenters. The van der Waals surface area contributed by atoms with Crippen molar-refractivity contribution < 1.29 is 13.9 Å². The van der Waals surface area contributed by atoms with Crippen LogP contribution in [0.3, 0.4) is 0 Å². The van der Waals surface area contributed by atoms with E-state index in [1.807, 2.05) is 0 Å². The number of hydrogen-bond acceptors (Lipinski definition) is 4. The maximum absolute atomic E-state index is 14.0. The minimum Gasteiger partial charge on any atom is -0.475 e. The van der Waals surface area contributed by atoms with Gasteiger partial charge in [-0.25, -0.2) is 9.37 Å². The molecule has 0 fully saturated rings. The van der Waals surface area contributed by atoms with Crippen molar-refractivity contribution in [2.45, 2.75) is 26.3 Å². The van der Waals surface area contributed by atoms with Gasteiger partial charge in [0.1, 0.15) is 0 Å². The van der Waals surface area contributed by atoms with Crippen molar-refractivity contribution >= 4 is 0 Å². The van der Waals surface area contributed by atoms with E-state index in [0.717, 1.165) is 19.4 Å². The molecular formula is C13H21FN2O2. The SMILES string of the molecule is CCCNCc1ccnc(OCCCOC)c1F. The summed E-state index contributed by atoms with van der Waals surface area (Å²) in [4.78, 5) is 3.90. The number of nitrogens with zero attached hydrogens (tertiary/aromatic N) is 1. The zero-order chi connectivity index (χ0) is 13.2. The Morgan fingerprint density at radius 1 is 1.39 bits per heavy atom. The number of rotatable bonds is 9. The van der Waals surface area contributed by atoms with Crippen LogP contribution in [0, 0.1) is 5.82 Å². The second-order valence-corrected chi connectivity index (χ2v) is 3.96. The maximum atomic E-state index is 14.0. The predicted octanol–water partition coefficient (Wildman–Crippen LogP) is 2.14. The molecule has 1 aromatic heterocycles. The van der Waals surface area contributed by atoms with Crippen LogP contribution >= 0.6 is 0 Å². The Hall–Kier alpha value is -1.20. The second kappa shape index (κ2) is 8.83. The summed E-state index contributed by atoms with van der Waals surface area (Å²) in [6.07, 6.45) is 3.31. The standard InChI is InChI=1S/C13H21FN2O2/c1-3-6-15-10-11-5-7-16-13(12(11)14)18-9-4-8-17-2/h5,7,15H,3-4,6,8-10H2,1-2H3. The van der Waals surface area contributed by atoms with Crippen LogP contribution in [0.2, 0.25) is 0 Å². The van der Waals surface area contributed by atoms with Crippen LogP contribution < -0.4 is 10.1 Å². The Bertz CT molecular complexity index is 348. The Labute approximate surface area is 108 Å². The smallest absolute Gasteiger partial charge is 0.250 e. The minimum atomic E-state index is -0.376. The molecule has 102 valence electrons. The molecule has 0 aliphatic carbocycles. The predicted molar refractivity (Wildman–Crippen MR) is 68.2 cm³/mol. The first-order valence-corrected chi connectivity index (χ1v) is 6.25. The van der Waals surface area contributed by atoms with Crippen LogP contribution in [0.4, 0.5) is 4.39 Å². The van der Waals surface area contributed by atoms with Crippen molar-refractivity contribution in [2.75, 3.05) is 26.9 Å². The number of methoxy groups -OCH3 is 1. The molecule has 1 aromatic rings. The van der Waals surface area contributed by atoms with Gasteiger partial charge in [0.25, 0.3) is 5.88 Å². The summed E-state index contributed by atoms with van der Waals surface area (Å²) in [5.41, 5.74) is 0.584. The van der Waals surface area contributed by atoms with Crippen molar-refractivity contribution in [2.24, 2.45) is 0 Å². The molecule has 0 aliphatic rings. The van der Waals surface area contributed by atoms with E-state index >= 15 is 0 Å². The van der Waals surface area contributed by atoms with Crippen LogP contribution in [0.25, 0.3) is 0 Å². The molecule has 1 heterocycles. The summed E-state index contributed by atoms with van der Waals surface area (Å²) in [7, 11) is 1.62. The zero-order valence-corrected chi connectivity index (χ0v) is 11.0. The zero-order valence-electron chi connectivity index (χ0n) is 11.0. The summed E-state index contributed by atoms with van der Waals surface area (Å²) >= 11 is 0. The van der Waals surface area contributed by atoms with Gasteiger partial charge in [0.2, 0.25) is 0 Å². The number of nitrogens with one attached hydrogen (secondary N) is 1. The molecule has 0 radical (unpaired) electrons. The van der Waals surface area contributed by atoms with Crippen LogP contribution in [-0.4, -0.2) is 31.9 Å². The van der Waals surface area contributed by atoms with E-state index < -0.39 is 0 Å². The minimum absolute atomic E-state index is 0.0712. The number of aromatic nitrogens is 1. The highest BCUT2D eigenvalue weighted by Crippen LogP contribution is 2.17. The van der Waals surface area contributed by atoms with E-state index in [2.05, 4.69) is 17.2 Å². The highest BCUT2D eigenvalue weighted by molar-refractivity contribution is 5.23. The van der Waals surface area contributed by atoms with Gasteiger partial charge < -0.3 is 14.8 Å². The molecule has 0 saturated carbocycles. The molecule has 1 rings (SSSR count). The summed E-state index contributed by atoms with van der Waals surface area (Å²) in [6, 6.07) is 1.67. The number of hydrogen-bond donors (Lipinski definition) is 1. The van der Waals surface area contributed by atoms with Crippen LogP contribution in [0.1, 0.15) is 25.3 Å². The maximum Gasteiger partial charge on any atom is 0.250 e. The van der Waals surface area contributed by atoms with Crippen molar-refractivity contribution in [3.63, 3.8) is 0 Å². The fraction of sp³-hybridized carbons (Fsp3) is 0.615. The summed E-state index contributed by atoms with van der Waals surface area (Å²) < 4.78 is 24.1. The molecule has 0 spiro atoms. The van der Waals surface area contributed by atoms with E-state index in [9.17, 15) is 4.39 Å². The van der Waals surface area contributed by atoms with Crippen molar-refractivity contribution in [3.05, 3.63) is 23.6 Å². The Morgan fingerprint density at radius 3 is 2.94 bits per heavy atom. The van der Waals surface area contributed by atoms with Gasteiger partial charge >= 0.3 is 0 Å². The van der Waals surface area contributed by atoms with Gasteiger partial charge in [0.15, 0.2) is 5.82 Å². The molecule has 0 saturated heterocycles. The van der Waals surface area contributed by atoms with Crippen LogP contribution in [-0.2, 0) is 11.3 Å². The Balaban J connectivity index is 2.49. The third kappa shape index (κ3) is 4.98. The Morgan fingerprint density at radius 2 is 2.22 bits per heavy atom. The molecule has 5 heteroatoms. The quantitative estimate of drug-likeness (QED) is 0.687. The van der Waals surface area contributed by atoms with Gasteiger partial charge in [-0.15, -0.1) is 0 Å². The number of ether oxygens (including phenoxy) is 2. The molecule has 4 nitrogen and oxygen atoms in total. The Kier molecular flexibility index (Phi) is 7.29. The number of pyridine rings is 1. The van der Waals surface area contributed by atoms with Gasteiger partial charge in [-0.1, -0.05) is 6.92 Å². The van der Waals surface area contributed by atoms with Crippen molar-refractivity contribution in [3.8, 4) is 5.88 Å². The normalized spacial score (nSPS) is 10.6. The number of halogens is 1. The van der Waals surface area contributed by atoms with Gasteiger partial charge in [-0.2, -0.15) is 0 Å². The fourth-order valence-electron chi connectivity index (χ4n) is 1.47. The first-order valence-electron chi connectivity index (χ1n) is 6.25. The largest absolute Gasteiger partial charge is 0.475 e. The lowest BCUT2D eigenvalue weighted by atomic mass is 10.2. The molecule has 18 heavy (non-hydrogen) atoms. The summed E-state index contributed by atoms with van der Waals surface area (Å²) in [5.74, 6) is -0.305. The third-order valence-electron chi connectivity index (χ3n) is 2.41. The van der Waals surface area contributed by atoms with Gasteiger partial charge in [-0.3, -0.25) is 0 Å². The molecule has 0 aliphatic heterocycles. The van der Waals surface area contributed by atoms with E-state index in [0.29, 0.717) is 25.3 Å². The van der Waals surface area contributed by atoms with Crippen LogP contribution in [0.15, 0.2) is 12.3 Å². The van der Waals surface area contributed by atoms with Crippen LogP contribution in [0.5, 0.6) is 5.88 Å². The first-order chi connectivity index (χ1) is 8.79. The molecule has 0 amide bonds. The highest BCUT2D eigenvalue weighted by atomic mass is 19.1. The highest BCUT2D eigenvalue weighted by Gasteiger charge is 2.10. The molecule has 0 aromatic carbocycles. The first kappa shape index (κ1) is 14.9. The second-order valence-electron chi connectivity index (χ2n) is 3.96.